The number of carbonyl (C=O) groups excluding carboxylic acids is 1. The van der Waals surface area contributed by atoms with Crippen LogP contribution in [-0.2, 0) is 6.42 Å². The van der Waals surface area contributed by atoms with Crippen molar-refractivity contribution in [1.82, 2.24) is 4.98 Å². The van der Waals surface area contributed by atoms with E-state index in [-0.39, 0.29) is 5.78 Å². The number of fused-ring (bicyclic) bond motifs is 1. The smallest absolute Gasteiger partial charge is 0.179 e. The largest absolute Gasteiger partial charge is 0.352 e. The highest BCUT2D eigenvalue weighted by molar-refractivity contribution is 6.02. The maximum atomic E-state index is 12.2. The van der Waals surface area contributed by atoms with Crippen LogP contribution in [0.3, 0.4) is 0 Å². The van der Waals surface area contributed by atoms with Crippen molar-refractivity contribution >= 4 is 16.7 Å². The second kappa shape index (κ2) is 6.18. The number of H-pyrrole nitrogens is 1. The molecule has 0 aliphatic heterocycles. The molecule has 0 saturated heterocycles. The monoisotopic (exact) mass is 291 g/mol. The summed E-state index contributed by atoms with van der Waals surface area (Å²) < 4.78 is 0. The van der Waals surface area contributed by atoms with E-state index in [9.17, 15) is 4.79 Å². The Labute approximate surface area is 131 Å². The van der Waals surface area contributed by atoms with Gasteiger partial charge in [0.15, 0.2) is 5.78 Å². The summed E-state index contributed by atoms with van der Waals surface area (Å²) in [5.41, 5.74) is 5.47. The number of ketones is 1. The SMILES string of the molecule is CCCC(=O)c1[nH]c2ccc(Cc3ccccc3)cc2c1C. The molecule has 0 atom stereocenters. The van der Waals surface area contributed by atoms with Gasteiger partial charge in [0.1, 0.15) is 0 Å². The first-order valence-electron chi connectivity index (χ1n) is 7.87. The van der Waals surface area contributed by atoms with Crippen LogP contribution in [0, 0.1) is 6.92 Å². The molecule has 1 aromatic heterocycles. The van der Waals surface area contributed by atoms with Crippen LogP contribution in [0.1, 0.15) is 46.9 Å². The summed E-state index contributed by atoms with van der Waals surface area (Å²) in [7, 11) is 0. The topological polar surface area (TPSA) is 32.9 Å². The Hall–Kier alpha value is -2.35. The van der Waals surface area contributed by atoms with Crippen molar-refractivity contribution in [3.8, 4) is 0 Å². The summed E-state index contributed by atoms with van der Waals surface area (Å²) >= 11 is 0. The molecule has 1 N–H and O–H groups in total. The molecule has 2 nitrogen and oxygen atoms in total. The van der Waals surface area contributed by atoms with Crippen LogP contribution in [0.5, 0.6) is 0 Å². The summed E-state index contributed by atoms with van der Waals surface area (Å²) in [6.07, 6.45) is 2.40. The molecule has 0 spiro atoms. The van der Waals surface area contributed by atoms with Crippen LogP contribution >= 0.6 is 0 Å². The molecule has 0 aliphatic rings. The number of Topliss-reactive ketones (excluding diaryl/α,β-unsaturated/α-hetero) is 1. The van der Waals surface area contributed by atoms with Crippen molar-refractivity contribution in [1.29, 1.82) is 0 Å². The molecule has 22 heavy (non-hydrogen) atoms. The van der Waals surface area contributed by atoms with Gasteiger partial charge in [-0.2, -0.15) is 0 Å². The first kappa shape index (κ1) is 14.6. The van der Waals surface area contributed by atoms with E-state index >= 15 is 0 Å². The maximum Gasteiger partial charge on any atom is 0.179 e. The molecule has 2 heteroatoms. The Morgan fingerprint density at radius 2 is 1.82 bits per heavy atom. The van der Waals surface area contributed by atoms with Crippen molar-refractivity contribution in [3.63, 3.8) is 0 Å². The molecule has 0 aliphatic carbocycles. The van der Waals surface area contributed by atoms with Gasteiger partial charge in [0.25, 0.3) is 0 Å². The Bertz CT molecular complexity index is 799. The Kier molecular flexibility index (Phi) is 4.10. The van der Waals surface area contributed by atoms with E-state index in [1.54, 1.807) is 0 Å². The van der Waals surface area contributed by atoms with Crippen molar-refractivity contribution in [2.45, 2.75) is 33.1 Å². The Morgan fingerprint density at radius 1 is 1.05 bits per heavy atom. The molecule has 2 aromatic carbocycles. The van der Waals surface area contributed by atoms with Crippen molar-refractivity contribution in [2.75, 3.05) is 0 Å². The highest BCUT2D eigenvalue weighted by Gasteiger charge is 2.14. The third kappa shape index (κ3) is 2.82. The standard InChI is InChI=1S/C20H21NO/c1-3-7-19(22)20-14(2)17-13-16(10-11-18(17)21-20)12-15-8-5-4-6-9-15/h4-6,8-11,13,21H,3,7,12H2,1-2H3. The van der Waals surface area contributed by atoms with Crippen LogP contribution in [0.4, 0.5) is 0 Å². The van der Waals surface area contributed by atoms with Gasteiger partial charge >= 0.3 is 0 Å². The lowest BCUT2D eigenvalue weighted by Crippen LogP contribution is -2.00. The number of carbonyl (C=O) groups is 1. The number of aromatic amines is 1. The first-order chi connectivity index (χ1) is 10.7. The van der Waals surface area contributed by atoms with E-state index in [0.717, 1.165) is 35.0 Å². The molecule has 0 amide bonds. The third-order valence-electron chi connectivity index (χ3n) is 4.13. The summed E-state index contributed by atoms with van der Waals surface area (Å²) in [4.78, 5) is 15.5. The van der Waals surface area contributed by atoms with E-state index in [0.29, 0.717) is 6.42 Å². The Balaban J connectivity index is 1.96. The molecule has 0 bridgehead atoms. The van der Waals surface area contributed by atoms with E-state index in [1.807, 2.05) is 19.9 Å². The second-order valence-electron chi connectivity index (χ2n) is 5.84. The average Bonchev–Trinajstić information content (AvgIpc) is 2.86. The fourth-order valence-electron chi connectivity index (χ4n) is 2.95. The minimum absolute atomic E-state index is 0.209. The van der Waals surface area contributed by atoms with Crippen LogP contribution in [0.15, 0.2) is 48.5 Å². The van der Waals surface area contributed by atoms with Gasteiger partial charge in [-0.15, -0.1) is 0 Å². The number of benzene rings is 2. The van der Waals surface area contributed by atoms with Crippen LogP contribution < -0.4 is 0 Å². The second-order valence-corrected chi connectivity index (χ2v) is 5.84. The van der Waals surface area contributed by atoms with Gasteiger partial charge in [-0.1, -0.05) is 43.3 Å². The van der Waals surface area contributed by atoms with Gasteiger partial charge in [0.2, 0.25) is 0 Å². The lowest BCUT2D eigenvalue weighted by molar-refractivity contribution is 0.0977. The molecule has 0 fully saturated rings. The average molecular weight is 291 g/mol. The predicted octanol–water partition coefficient (Wildman–Crippen LogP) is 5.05. The van der Waals surface area contributed by atoms with E-state index in [1.165, 1.54) is 11.1 Å². The normalized spacial score (nSPS) is 11.0. The molecule has 1 heterocycles. The first-order valence-corrected chi connectivity index (χ1v) is 7.87. The fourth-order valence-corrected chi connectivity index (χ4v) is 2.95. The van der Waals surface area contributed by atoms with Crippen LogP contribution in [0.2, 0.25) is 0 Å². The summed E-state index contributed by atoms with van der Waals surface area (Å²) in [6, 6.07) is 16.9. The zero-order chi connectivity index (χ0) is 15.5. The van der Waals surface area contributed by atoms with Gasteiger partial charge in [0, 0.05) is 17.3 Å². The molecule has 3 rings (SSSR count). The third-order valence-corrected chi connectivity index (χ3v) is 4.13. The van der Waals surface area contributed by atoms with Crippen molar-refractivity contribution in [2.24, 2.45) is 0 Å². The van der Waals surface area contributed by atoms with Gasteiger partial charge in [-0.25, -0.2) is 0 Å². The van der Waals surface area contributed by atoms with Gasteiger partial charge in [-0.3, -0.25) is 4.79 Å². The van der Waals surface area contributed by atoms with Crippen molar-refractivity contribution in [3.05, 3.63) is 70.9 Å². The van der Waals surface area contributed by atoms with Gasteiger partial charge < -0.3 is 4.98 Å². The summed E-state index contributed by atoms with van der Waals surface area (Å²) in [5.74, 6) is 0.209. The predicted molar refractivity (Wildman–Crippen MR) is 91.5 cm³/mol. The fraction of sp³-hybridized carbons (Fsp3) is 0.250. The van der Waals surface area contributed by atoms with Gasteiger partial charge in [-0.05, 0) is 48.6 Å². The van der Waals surface area contributed by atoms with Crippen LogP contribution in [-0.4, -0.2) is 10.8 Å². The summed E-state index contributed by atoms with van der Waals surface area (Å²) in [5, 5.41) is 1.16. The number of nitrogens with one attached hydrogen (secondary N) is 1. The number of rotatable bonds is 5. The number of aromatic nitrogens is 1. The van der Waals surface area contributed by atoms with Gasteiger partial charge in [0.05, 0.1) is 5.69 Å². The minimum Gasteiger partial charge on any atom is -0.352 e. The van der Waals surface area contributed by atoms with E-state index in [4.69, 9.17) is 0 Å². The van der Waals surface area contributed by atoms with Crippen molar-refractivity contribution < 1.29 is 4.79 Å². The highest BCUT2D eigenvalue weighted by Crippen LogP contribution is 2.25. The minimum atomic E-state index is 0.209. The zero-order valence-electron chi connectivity index (χ0n) is 13.1. The molecule has 0 radical (unpaired) electrons. The van der Waals surface area contributed by atoms with Crippen LogP contribution in [0.25, 0.3) is 10.9 Å². The molecule has 0 unspecified atom stereocenters. The lowest BCUT2D eigenvalue weighted by Gasteiger charge is -2.02. The summed E-state index contributed by atoms with van der Waals surface area (Å²) in [6.45, 7) is 4.07. The van der Waals surface area contributed by atoms with E-state index in [2.05, 4.69) is 47.4 Å². The zero-order valence-corrected chi connectivity index (χ0v) is 13.1. The molecule has 112 valence electrons. The lowest BCUT2D eigenvalue weighted by atomic mass is 10.0. The molecular weight excluding hydrogens is 270 g/mol. The maximum absolute atomic E-state index is 12.2. The Morgan fingerprint density at radius 3 is 2.55 bits per heavy atom. The number of hydrogen-bond donors (Lipinski definition) is 1. The molecule has 0 saturated carbocycles. The molecule has 3 aromatic rings. The van der Waals surface area contributed by atoms with E-state index < -0.39 is 0 Å². The quantitative estimate of drug-likeness (QED) is 0.655. The highest BCUT2D eigenvalue weighted by atomic mass is 16.1. The number of aryl methyl sites for hydroxylation is 1. The molecular formula is C20H21NO. The number of hydrogen-bond acceptors (Lipinski definition) is 1.